The van der Waals surface area contributed by atoms with Gasteiger partial charge in [-0.3, -0.25) is 18.6 Å². The Kier molecular flexibility index (Phi) is 42.2. The van der Waals surface area contributed by atoms with Crippen molar-refractivity contribution in [1.29, 1.82) is 0 Å². The smallest absolute Gasteiger partial charge is 0.462 e. The van der Waals surface area contributed by atoms with E-state index in [9.17, 15) is 19.0 Å². The molecule has 1 unspecified atom stereocenters. The maximum Gasteiger partial charge on any atom is 0.472 e. The molecule has 1 N–H and O–H groups in total. The molecule has 10 heteroatoms. The van der Waals surface area contributed by atoms with Gasteiger partial charge in [-0.1, -0.05) is 204 Å². The number of hydrogen-bond acceptors (Lipinski definition) is 7. The van der Waals surface area contributed by atoms with E-state index in [1.807, 2.05) is 21.1 Å². The highest BCUT2D eigenvalue weighted by molar-refractivity contribution is 7.47. The molecule has 0 saturated carbocycles. The number of carbonyl (C=O) groups is 2. The van der Waals surface area contributed by atoms with Crippen LogP contribution in [0.2, 0.25) is 0 Å². The van der Waals surface area contributed by atoms with Gasteiger partial charge >= 0.3 is 19.8 Å². The van der Waals surface area contributed by atoms with E-state index >= 15 is 0 Å². The lowest BCUT2D eigenvalue weighted by Crippen LogP contribution is -2.37. The molecule has 0 bridgehead atoms. The van der Waals surface area contributed by atoms with Crippen molar-refractivity contribution in [3.05, 3.63) is 36.5 Å². The topological polar surface area (TPSA) is 108 Å². The van der Waals surface area contributed by atoms with Gasteiger partial charge in [0.1, 0.15) is 19.8 Å². The van der Waals surface area contributed by atoms with E-state index in [0.717, 1.165) is 70.6 Å². The predicted octanol–water partition coefficient (Wildman–Crippen LogP) is 14.9. The van der Waals surface area contributed by atoms with E-state index in [4.69, 9.17) is 18.5 Å². The molecule has 0 amide bonds. The van der Waals surface area contributed by atoms with Crippen molar-refractivity contribution >= 4 is 19.8 Å². The molecule has 0 aromatic rings. The SMILES string of the molecule is CC/C=C/C/C=C/C/C=C/CCCCCCCC(=O)OC[C@H](COP(=O)(O)OCC[N+](C)(C)C)OC(=O)CCCCCCCCCCCCCCCCCCCCCCCC. The summed E-state index contributed by atoms with van der Waals surface area (Å²) in [5.74, 6) is -0.809. The molecule has 0 aromatic carbocycles. The number of likely N-dealkylation sites (N-methyl/N-ethyl adjacent to an activating group) is 1. The fourth-order valence-electron chi connectivity index (χ4n) is 7.03. The van der Waals surface area contributed by atoms with E-state index in [1.54, 1.807) is 0 Å². The Balaban J connectivity index is 4.22. The molecule has 0 spiro atoms. The van der Waals surface area contributed by atoms with E-state index in [0.29, 0.717) is 17.4 Å². The zero-order chi connectivity index (χ0) is 45.0. The highest BCUT2D eigenvalue weighted by Crippen LogP contribution is 2.43. The Morgan fingerprint density at radius 1 is 0.525 bits per heavy atom. The lowest BCUT2D eigenvalue weighted by molar-refractivity contribution is -0.870. The predicted molar refractivity (Wildman–Crippen MR) is 257 cm³/mol. The lowest BCUT2D eigenvalue weighted by Gasteiger charge is -2.24. The van der Waals surface area contributed by atoms with Crippen LogP contribution in [0.5, 0.6) is 0 Å². The molecule has 0 radical (unpaired) electrons. The van der Waals surface area contributed by atoms with E-state index in [2.05, 4.69) is 50.3 Å². The van der Waals surface area contributed by atoms with Gasteiger partial charge in [0, 0.05) is 12.8 Å². The number of ether oxygens (including phenoxy) is 2. The molecule has 2 atom stereocenters. The van der Waals surface area contributed by atoms with Gasteiger partial charge in [-0.15, -0.1) is 0 Å². The minimum atomic E-state index is -4.38. The van der Waals surface area contributed by atoms with Crippen molar-refractivity contribution in [2.75, 3.05) is 47.5 Å². The van der Waals surface area contributed by atoms with Gasteiger partial charge in [-0.05, 0) is 44.9 Å². The average Bonchev–Trinajstić information content (AvgIpc) is 3.21. The number of allylic oxidation sites excluding steroid dienone is 6. The van der Waals surface area contributed by atoms with E-state index in [-0.39, 0.29) is 32.0 Å². The first-order valence-corrected chi connectivity index (χ1v) is 26.7. The largest absolute Gasteiger partial charge is 0.472 e. The fraction of sp³-hybridized carbons (Fsp3) is 0.843. The van der Waals surface area contributed by atoms with Gasteiger partial charge in [0.05, 0.1) is 27.7 Å². The minimum Gasteiger partial charge on any atom is -0.462 e. The molecule has 9 nitrogen and oxygen atoms in total. The van der Waals surface area contributed by atoms with Gasteiger partial charge in [0.2, 0.25) is 0 Å². The van der Waals surface area contributed by atoms with Crippen LogP contribution in [0.15, 0.2) is 36.5 Å². The second kappa shape index (κ2) is 43.5. The van der Waals surface area contributed by atoms with Crippen LogP contribution in [0.25, 0.3) is 0 Å². The number of phosphoric ester groups is 1. The van der Waals surface area contributed by atoms with Gasteiger partial charge in [-0.25, -0.2) is 4.57 Å². The molecule has 0 rings (SSSR count). The third-order valence-electron chi connectivity index (χ3n) is 10.9. The maximum atomic E-state index is 12.8. The van der Waals surface area contributed by atoms with Crippen LogP contribution in [-0.4, -0.2) is 74.9 Å². The van der Waals surface area contributed by atoms with Crippen LogP contribution in [-0.2, 0) is 32.7 Å². The molecule has 0 saturated heterocycles. The Hall–Kier alpha value is -1.77. The van der Waals surface area contributed by atoms with Crippen LogP contribution in [0, 0.1) is 0 Å². The van der Waals surface area contributed by atoms with Crippen molar-refractivity contribution in [3.8, 4) is 0 Å². The van der Waals surface area contributed by atoms with Crippen LogP contribution in [0.1, 0.15) is 226 Å². The number of unbranched alkanes of at least 4 members (excludes halogenated alkanes) is 26. The molecule has 61 heavy (non-hydrogen) atoms. The fourth-order valence-corrected chi connectivity index (χ4v) is 7.77. The summed E-state index contributed by atoms with van der Waals surface area (Å²) in [6, 6.07) is 0. The quantitative estimate of drug-likeness (QED) is 0.0212. The normalized spacial score (nSPS) is 13.7. The average molecular weight is 883 g/mol. The van der Waals surface area contributed by atoms with Gasteiger partial charge in [0.25, 0.3) is 0 Å². The summed E-state index contributed by atoms with van der Waals surface area (Å²) in [5, 5.41) is 0. The second-order valence-corrected chi connectivity index (χ2v) is 19.6. The van der Waals surface area contributed by atoms with Gasteiger partial charge in [0.15, 0.2) is 6.10 Å². The molecule has 358 valence electrons. The Labute approximate surface area is 376 Å². The first kappa shape index (κ1) is 59.2. The summed E-state index contributed by atoms with van der Waals surface area (Å²) in [5.41, 5.74) is 0. The van der Waals surface area contributed by atoms with Crippen LogP contribution in [0.3, 0.4) is 0 Å². The monoisotopic (exact) mass is 883 g/mol. The highest BCUT2D eigenvalue weighted by atomic mass is 31.2. The van der Waals surface area contributed by atoms with Crippen molar-refractivity contribution < 1.29 is 42.1 Å². The van der Waals surface area contributed by atoms with E-state index in [1.165, 1.54) is 122 Å². The number of phosphoric acid groups is 1. The summed E-state index contributed by atoms with van der Waals surface area (Å²) in [7, 11) is 1.47. The van der Waals surface area contributed by atoms with Crippen LogP contribution >= 0.6 is 7.82 Å². The first-order valence-electron chi connectivity index (χ1n) is 25.2. The third-order valence-corrected chi connectivity index (χ3v) is 11.9. The zero-order valence-electron chi connectivity index (χ0n) is 40.4. The number of rotatable bonds is 46. The Morgan fingerprint density at radius 3 is 1.39 bits per heavy atom. The van der Waals surface area contributed by atoms with Crippen LogP contribution < -0.4 is 0 Å². The minimum absolute atomic E-state index is 0.0297. The molecule has 0 fully saturated rings. The van der Waals surface area contributed by atoms with Crippen molar-refractivity contribution in [2.45, 2.75) is 232 Å². The summed E-state index contributed by atoms with van der Waals surface area (Å²) >= 11 is 0. The number of quaternary nitrogens is 1. The lowest BCUT2D eigenvalue weighted by atomic mass is 10.0. The Bertz CT molecular complexity index is 1130. The number of carbonyl (C=O) groups excluding carboxylic acids is 2. The summed E-state index contributed by atoms with van der Waals surface area (Å²) in [6.45, 7) is 4.32. The van der Waals surface area contributed by atoms with Crippen molar-refractivity contribution in [2.24, 2.45) is 0 Å². The summed E-state index contributed by atoms with van der Waals surface area (Å²) in [6.07, 6.45) is 50.6. The van der Waals surface area contributed by atoms with Gasteiger partial charge < -0.3 is 18.9 Å². The second-order valence-electron chi connectivity index (χ2n) is 18.2. The van der Waals surface area contributed by atoms with Crippen LogP contribution in [0.4, 0.5) is 0 Å². The highest BCUT2D eigenvalue weighted by Gasteiger charge is 2.27. The van der Waals surface area contributed by atoms with Crippen molar-refractivity contribution in [3.63, 3.8) is 0 Å². The summed E-state index contributed by atoms with van der Waals surface area (Å²) < 4.78 is 34.4. The first-order chi connectivity index (χ1) is 29.5. The molecule has 0 aliphatic heterocycles. The molecule has 0 aromatic heterocycles. The molecular formula is C51H97NO8P+. The number of esters is 2. The Morgan fingerprint density at radius 2 is 0.934 bits per heavy atom. The molecule has 0 heterocycles. The molecular weight excluding hydrogens is 786 g/mol. The van der Waals surface area contributed by atoms with E-state index < -0.39 is 26.5 Å². The third kappa shape index (κ3) is 47.5. The van der Waals surface area contributed by atoms with Crippen molar-refractivity contribution in [1.82, 2.24) is 0 Å². The molecule has 0 aliphatic rings. The maximum absolute atomic E-state index is 12.8. The summed E-state index contributed by atoms with van der Waals surface area (Å²) in [4.78, 5) is 35.5. The standard InChI is InChI=1S/C51H96NO8P/c1-6-8-10-12-14-16-18-20-22-23-24-25-26-27-28-30-32-34-36-38-40-42-44-51(54)60-49(48-59-61(55,56)58-46-45-52(3,4)5)47-57-50(53)43-41-39-37-35-33-31-29-21-19-17-15-13-11-9-7-2/h9,11,15,17,21,29,49H,6-8,10,12-14,16,18-20,22-28,30-48H2,1-5H3/p+1/b11-9+,17-15+,29-21+/t49-/m1/s1. The number of nitrogens with zero attached hydrogens (tertiary/aromatic N) is 1. The van der Waals surface area contributed by atoms with Gasteiger partial charge in [-0.2, -0.15) is 0 Å². The molecule has 0 aliphatic carbocycles. The number of hydrogen-bond donors (Lipinski definition) is 1. The zero-order valence-corrected chi connectivity index (χ0v) is 41.3.